The van der Waals surface area contributed by atoms with Gasteiger partial charge in [-0.05, 0) is 42.8 Å². The van der Waals surface area contributed by atoms with Gasteiger partial charge in [0.2, 0.25) is 11.8 Å². The highest BCUT2D eigenvalue weighted by atomic mass is 32.2. The molecule has 2 heterocycles. The lowest BCUT2D eigenvalue weighted by Gasteiger charge is -2.10. The summed E-state index contributed by atoms with van der Waals surface area (Å²) in [7, 11) is -4.12. The van der Waals surface area contributed by atoms with Crippen LogP contribution in [0.2, 0.25) is 0 Å². The molecule has 0 aliphatic heterocycles. The van der Waals surface area contributed by atoms with Gasteiger partial charge in [0.05, 0.1) is 0 Å². The fraction of sp³-hybridized carbons (Fsp3) is 0.167. The largest absolute Gasteiger partial charge is 0.487 e. The topological polar surface area (TPSA) is 121 Å². The molecule has 176 valence electrons. The van der Waals surface area contributed by atoms with Gasteiger partial charge in [0.15, 0.2) is 0 Å². The van der Waals surface area contributed by atoms with Crippen LogP contribution in [0.4, 0.5) is 0 Å². The summed E-state index contributed by atoms with van der Waals surface area (Å²) < 4.78 is 43.8. The molecule has 4 rings (SSSR count). The normalized spacial score (nSPS) is 11.4. The van der Waals surface area contributed by atoms with E-state index < -0.39 is 15.9 Å². The first-order valence-electron chi connectivity index (χ1n) is 10.3. The van der Waals surface area contributed by atoms with Crippen molar-refractivity contribution < 1.29 is 31.9 Å². The number of hydrogen-bond acceptors (Lipinski definition) is 9. The molecule has 0 amide bonds. The van der Waals surface area contributed by atoms with Gasteiger partial charge in [0.1, 0.15) is 36.2 Å². The van der Waals surface area contributed by atoms with Gasteiger partial charge < -0.3 is 13.9 Å². The summed E-state index contributed by atoms with van der Waals surface area (Å²) >= 11 is 0. The zero-order chi connectivity index (χ0) is 24.0. The van der Waals surface area contributed by atoms with Crippen molar-refractivity contribution in [3.05, 3.63) is 95.5 Å². The Morgan fingerprint density at radius 1 is 0.941 bits per heavy atom. The smallest absolute Gasteiger partial charge is 0.297 e. The third kappa shape index (κ3) is 5.98. The van der Waals surface area contributed by atoms with Crippen molar-refractivity contribution in [1.29, 1.82) is 0 Å². The summed E-state index contributed by atoms with van der Waals surface area (Å²) in [6.07, 6.45) is 1.48. The zero-order valence-electron chi connectivity index (χ0n) is 18.2. The summed E-state index contributed by atoms with van der Waals surface area (Å²) in [6, 6.07) is 20.0. The number of aromatic nitrogens is 2. The van der Waals surface area contributed by atoms with Crippen LogP contribution in [0.1, 0.15) is 22.6 Å². The van der Waals surface area contributed by atoms with E-state index in [-0.39, 0.29) is 24.7 Å². The van der Waals surface area contributed by atoms with Crippen molar-refractivity contribution in [3.8, 4) is 23.1 Å². The van der Waals surface area contributed by atoms with E-state index in [4.69, 9.17) is 19.1 Å². The van der Waals surface area contributed by atoms with Crippen LogP contribution >= 0.6 is 0 Å². The molecule has 0 atom stereocenters. The van der Waals surface area contributed by atoms with Crippen LogP contribution in [0.15, 0.2) is 77.3 Å². The molecule has 0 aliphatic carbocycles. The van der Waals surface area contributed by atoms with Crippen LogP contribution in [0, 0.1) is 6.92 Å². The highest BCUT2D eigenvalue weighted by Gasteiger charge is 2.17. The molecule has 0 bridgehead atoms. The third-order valence-corrected chi connectivity index (χ3v) is 5.78. The van der Waals surface area contributed by atoms with Crippen LogP contribution in [-0.4, -0.2) is 23.6 Å². The molecule has 2 aromatic carbocycles. The van der Waals surface area contributed by atoms with Crippen molar-refractivity contribution in [2.24, 2.45) is 0 Å². The minimum absolute atomic E-state index is 0.138. The number of hydrogen-bond donors (Lipinski definition) is 1. The Balaban J connectivity index is 1.35. The first kappa shape index (κ1) is 23.4. The second-order valence-corrected chi connectivity index (χ2v) is 8.91. The lowest BCUT2D eigenvalue weighted by atomic mass is 10.2. The summed E-state index contributed by atoms with van der Waals surface area (Å²) in [5.41, 5.74) is 2.72. The van der Waals surface area contributed by atoms with Crippen LogP contribution < -0.4 is 9.47 Å². The molecule has 10 heteroatoms. The van der Waals surface area contributed by atoms with Gasteiger partial charge in [0.25, 0.3) is 10.1 Å². The molecule has 2 aromatic heterocycles. The maximum atomic E-state index is 11.5. The number of rotatable bonds is 10. The van der Waals surface area contributed by atoms with Crippen molar-refractivity contribution in [2.75, 3.05) is 0 Å². The first-order valence-corrected chi connectivity index (χ1v) is 11.9. The maximum absolute atomic E-state index is 11.5. The number of ether oxygens (including phenoxy) is 2. The van der Waals surface area contributed by atoms with Crippen LogP contribution in [-0.2, 0) is 33.4 Å². The number of aryl methyl sites for hydroxylation is 1. The van der Waals surface area contributed by atoms with E-state index in [9.17, 15) is 8.42 Å². The van der Waals surface area contributed by atoms with Gasteiger partial charge >= 0.3 is 0 Å². The molecule has 0 saturated heterocycles. The summed E-state index contributed by atoms with van der Waals surface area (Å²) in [6.45, 7) is 2.27. The lowest BCUT2D eigenvalue weighted by molar-refractivity contribution is -0.130. The van der Waals surface area contributed by atoms with Gasteiger partial charge in [-0.25, -0.2) is 15.2 Å². The predicted octanol–water partition coefficient (Wildman–Crippen LogP) is 4.52. The Morgan fingerprint density at radius 2 is 1.71 bits per heavy atom. The summed E-state index contributed by atoms with van der Waals surface area (Å²) in [5, 5.41) is 8.50. The highest BCUT2D eigenvalue weighted by Crippen LogP contribution is 2.23. The Bertz CT molecular complexity index is 1340. The Hall–Kier alpha value is -3.73. The molecule has 34 heavy (non-hydrogen) atoms. The minimum atomic E-state index is -4.12. The lowest BCUT2D eigenvalue weighted by Crippen LogP contribution is -2.09. The number of oxazole rings is 1. The number of pyridine rings is 1. The Morgan fingerprint density at radius 3 is 2.44 bits per heavy atom. The number of benzene rings is 2. The number of nitrogens with zero attached hydrogens (tertiary/aromatic N) is 2. The fourth-order valence-electron chi connectivity index (χ4n) is 3.13. The molecular formula is C24H22N2O7S. The van der Waals surface area contributed by atoms with E-state index in [0.717, 1.165) is 16.8 Å². The van der Waals surface area contributed by atoms with E-state index >= 15 is 0 Å². The Labute approximate surface area is 196 Å². The average molecular weight is 483 g/mol. The molecule has 0 radical (unpaired) electrons. The first-order chi connectivity index (χ1) is 16.4. The van der Waals surface area contributed by atoms with Crippen molar-refractivity contribution in [3.63, 3.8) is 0 Å². The molecule has 1 N–H and O–H groups in total. The van der Waals surface area contributed by atoms with Crippen LogP contribution in [0.25, 0.3) is 11.5 Å². The second-order valence-electron chi connectivity index (χ2n) is 7.35. The molecule has 9 nitrogen and oxygen atoms in total. The van der Waals surface area contributed by atoms with E-state index in [1.807, 2.05) is 49.4 Å². The zero-order valence-corrected chi connectivity index (χ0v) is 19.1. The van der Waals surface area contributed by atoms with E-state index in [1.165, 1.54) is 12.3 Å². The molecule has 0 spiro atoms. The molecule has 0 fully saturated rings. The van der Waals surface area contributed by atoms with Crippen molar-refractivity contribution in [1.82, 2.24) is 9.97 Å². The van der Waals surface area contributed by atoms with Gasteiger partial charge in [-0.2, -0.15) is 8.42 Å². The third-order valence-electron chi connectivity index (χ3n) is 4.88. The molecule has 0 saturated carbocycles. The van der Waals surface area contributed by atoms with Crippen LogP contribution in [0.3, 0.4) is 0 Å². The monoisotopic (exact) mass is 482 g/mol. The average Bonchev–Trinajstić information content (AvgIpc) is 3.23. The molecule has 0 unspecified atom stereocenters. The standard InChI is InChI=1S/C24H22N2O7S/c1-17-22(26-24(32-17)19-6-3-2-4-7-19)15-30-21-11-9-18(10-12-21)14-31-23-20(8-5-13-25-23)16-34(28,29)33-27/h2-13,27H,14-16H2,1H3. The quantitative estimate of drug-likeness (QED) is 0.257. The minimum Gasteiger partial charge on any atom is -0.487 e. The van der Waals surface area contributed by atoms with E-state index in [2.05, 4.69) is 14.3 Å². The van der Waals surface area contributed by atoms with Crippen molar-refractivity contribution in [2.45, 2.75) is 25.9 Å². The summed E-state index contributed by atoms with van der Waals surface area (Å²) in [5.74, 6) is 1.48. The fourth-order valence-corrected chi connectivity index (χ4v) is 3.79. The predicted molar refractivity (Wildman–Crippen MR) is 122 cm³/mol. The highest BCUT2D eigenvalue weighted by molar-refractivity contribution is 7.85. The van der Waals surface area contributed by atoms with Gasteiger partial charge in [0, 0.05) is 17.3 Å². The van der Waals surface area contributed by atoms with Crippen LogP contribution in [0.5, 0.6) is 11.6 Å². The van der Waals surface area contributed by atoms with Gasteiger partial charge in [-0.15, -0.1) is 4.33 Å². The van der Waals surface area contributed by atoms with Crippen molar-refractivity contribution >= 4 is 10.1 Å². The van der Waals surface area contributed by atoms with E-state index in [1.54, 1.807) is 18.2 Å². The molecule has 0 aliphatic rings. The van der Waals surface area contributed by atoms with E-state index in [0.29, 0.717) is 17.4 Å². The molecule has 4 aromatic rings. The van der Waals surface area contributed by atoms with Gasteiger partial charge in [-0.3, -0.25) is 0 Å². The van der Waals surface area contributed by atoms with Gasteiger partial charge in [-0.1, -0.05) is 36.4 Å². The Kier molecular flexibility index (Phi) is 7.21. The molecular weight excluding hydrogens is 460 g/mol. The maximum Gasteiger partial charge on any atom is 0.297 e. The summed E-state index contributed by atoms with van der Waals surface area (Å²) in [4.78, 5) is 8.59. The second kappa shape index (κ2) is 10.5. The SMILES string of the molecule is Cc1oc(-c2ccccc2)nc1COc1ccc(COc2ncccc2CS(=O)(=O)OO)cc1.